The molecule has 1 atom stereocenters. The second-order valence-electron chi connectivity index (χ2n) is 4.41. The first-order chi connectivity index (χ1) is 9.06. The first-order valence-electron chi connectivity index (χ1n) is 5.96. The third-order valence-electron chi connectivity index (χ3n) is 2.97. The highest BCUT2D eigenvalue weighted by Crippen LogP contribution is 2.15. The summed E-state index contributed by atoms with van der Waals surface area (Å²) in [5.74, 6) is -0.192. The highest BCUT2D eigenvalue weighted by molar-refractivity contribution is 5.92. The molecule has 1 saturated heterocycles. The van der Waals surface area contributed by atoms with Crippen LogP contribution in [0.1, 0.15) is 12.0 Å². The molecule has 1 unspecified atom stereocenters. The minimum Gasteiger partial charge on any atom is -0.391 e. The molecule has 1 aromatic rings. The Bertz CT molecular complexity index is 527. The first kappa shape index (κ1) is 13.2. The van der Waals surface area contributed by atoms with Crippen molar-refractivity contribution in [3.05, 3.63) is 46.0 Å². The van der Waals surface area contributed by atoms with Gasteiger partial charge in [0.15, 0.2) is 0 Å². The minimum absolute atomic E-state index is 0.00815. The molecule has 100 valence electrons. The van der Waals surface area contributed by atoms with E-state index in [0.717, 1.165) is 0 Å². The van der Waals surface area contributed by atoms with Crippen molar-refractivity contribution in [1.29, 1.82) is 0 Å². The van der Waals surface area contributed by atoms with Crippen LogP contribution in [0, 0.1) is 10.1 Å². The molecule has 0 aliphatic carbocycles. The lowest BCUT2D eigenvalue weighted by Crippen LogP contribution is -2.27. The summed E-state index contributed by atoms with van der Waals surface area (Å²) in [5, 5.41) is 20.0. The van der Waals surface area contributed by atoms with Gasteiger partial charge in [0, 0.05) is 31.3 Å². The maximum Gasteiger partial charge on any atom is 0.270 e. The highest BCUT2D eigenvalue weighted by atomic mass is 16.6. The van der Waals surface area contributed by atoms with Gasteiger partial charge in [-0.25, -0.2) is 0 Å². The van der Waals surface area contributed by atoms with E-state index in [2.05, 4.69) is 0 Å². The number of amides is 1. The molecule has 1 aliphatic heterocycles. The Morgan fingerprint density at radius 1 is 1.53 bits per heavy atom. The number of β-amino-alcohol motifs (C(OH)–C–C–N with tert-alkyl or cyclic N) is 1. The molecule has 1 aromatic carbocycles. The molecule has 6 nitrogen and oxygen atoms in total. The quantitative estimate of drug-likeness (QED) is 0.504. The van der Waals surface area contributed by atoms with Crippen LogP contribution < -0.4 is 0 Å². The summed E-state index contributed by atoms with van der Waals surface area (Å²) < 4.78 is 0. The average Bonchev–Trinajstić information content (AvgIpc) is 2.83. The van der Waals surface area contributed by atoms with Crippen LogP contribution >= 0.6 is 0 Å². The van der Waals surface area contributed by atoms with Crippen molar-refractivity contribution in [2.24, 2.45) is 0 Å². The summed E-state index contributed by atoms with van der Waals surface area (Å²) in [5.41, 5.74) is 0.591. The number of nitrogens with zero attached hydrogens (tertiary/aromatic N) is 2. The normalized spacial score (nSPS) is 19.0. The molecular formula is C13H14N2O4. The second kappa shape index (κ2) is 5.62. The number of aliphatic hydroxyl groups excluding tert-OH is 1. The van der Waals surface area contributed by atoms with Crippen molar-refractivity contribution in [2.75, 3.05) is 13.1 Å². The van der Waals surface area contributed by atoms with Crippen molar-refractivity contribution >= 4 is 17.7 Å². The smallest absolute Gasteiger partial charge is 0.270 e. The van der Waals surface area contributed by atoms with E-state index >= 15 is 0 Å². The van der Waals surface area contributed by atoms with Crippen LogP contribution in [0.2, 0.25) is 0 Å². The second-order valence-corrected chi connectivity index (χ2v) is 4.41. The van der Waals surface area contributed by atoms with Crippen LogP contribution in [-0.4, -0.2) is 40.0 Å². The zero-order valence-corrected chi connectivity index (χ0v) is 10.2. The first-order valence-corrected chi connectivity index (χ1v) is 5.96. The standard InChI is InChI=1S/C13H14N2O4/c16-12-6-7-14(9-12)13(17)5-4-10-2-1-3-11(8-10)15(18)19/h1-5,8,12,16H,6-7,9H2. The number of hydrogen-bond acceptors (Lipinski definition) is 4. The number of rotatable bonds is 3. The molecule has 1 amide bonds. The number of nitro groups is 1. The van der Waals surface area contributed by atoms with Crippen molar-refractivity contribution < 1.29 is 14.8 Å². The van der Waals surface area contributed by atoms with Crippen molar-refractivity contribution in [1.82, 2.24) is 4.90 Å². The number of nitro benzene ring substituents is 1. The Morgan fingerprint density at radius 2 is 2.32 bits per heavy atom. The number of hydrogen-bond donors (Lipinski definition) is 1. The van der Waals surface area contributed by atoms with Gasteiger partial charge in [-0.05, 0) is 18.1 Å². The summed E-state index contributed by atoms with van der Waals surface area (Å²) in [6.45, 7) is 0.886. The minimum atomic E-state index is -0.476. The Morgan fingerprint density at radius 3 is 2.95 bits per heavy atom. The fraction of sp³-hybridized carbons (Fsp3) is 0.308. The van der Waals surface area contributed by atoms with Gasteiger partial charge >= 0.3 is 0 Å². The molecule has 0 bridgehead atoms. The summed E-state index contributed by atoms with van der Waals surface area (Å²) >= 11 is 0. The molecule has 6 heteroatoms. The molecule has 0 saturated carbocycles. The summed E-state index contributed by atoms with van der Waals surface area (Å²) in [4.78, 5) is 23.5. The molecular weight excluding hydrogens is 248 g/mol. The van der Waals surface area contributed by atoms with Gasteiger partial charge in [-0.3, -0.25) is 14.9 Å². The van der Waals surface area contributed by atoms with Crippen molar-refractivity contribution in [3.63, 3.8) is 0 Å². The van der Waals surface area contributed by atoms with E-state index in [9.17, 15) is 20.0 Å². The summed E-state index contributed by atoms with van der Waals surface area (Å²) in [6.07, 6.45) is 3.06. The lowest BCUT2D eigenvalue weighted by molar-refractivity contribution is -0.384. The molecule has 0 aromatic heterocycles. The molecule has 1 N–H and O–H groups in total. The Labute approximate surface area is 110 Å². The van der Waals surface area contributed by atoms with Gasteiger partial charge in [0.25, 0.3) is 5.69 Å². The molecule has 0 spiro atoms. The third-order valence-corrected chi connectivity index (χ3v) is 2.97. The zero-order chi connectivity index (χ0) is 13.8. The number of non-ortho nitro benzene ring substituents is 1. The lowest BCUT2D eigenvalue weighted by atomic mass is 10.2. The van der Waals surface area contributed by atoms with Crippen LogP contribution in [0.3, 0.4) is 0 Å². The van der Waals surface area contributed by atoms with Gasteiger partial charge in [-0.15, -0.1) is 0 Å². The monoisotopic (exact) mass is 262 g/mol. The topological polar surface area (TPSA) is 83.7 Å². The zero-order valence-electron chi connectivity index (χ0n) is 10.2. The highest BCUT2D eigenvalue weighted by Gasteiger charge is 2.22. The predicted octanol–water partition coefficient (Wildman–Crippen LogP) is 1.20. The van der Waals surface area contributed by atoms with Crippen molar-refractivity contribution in [2.45, 2.75) is 12.5 Å². The average molecular weight is 262 g/mol. The van der Waals surface area contributed by atoms with Gasteiger partial charge in [0.05, 0.1) is 11.0 Å². The molecule has 1 fully saturated rings. The Kier molecular flexibility index (Phi) is 3.91. The molecule has 19 heavy (non-hydrogen) atoms. The maximum absolute atomic E-state index is 11.8. The molecule has 2 rings (SSSR count). The fourth-order valence-electron chi connectivity index (χ4n) is 1.96. The van der Waals surface area contributed by atoms with Crippen LogP contribution in [-0.2, 0) is 4.79 Å². The van der Waals surface area contributed by atoms with E-state index in [-0.39, 0.29) is 11.6 Å². The number of carbonyl (C=O) groups excluding carboxylic acids is 1. The van der Waals surface area contributed by atoms with Gasteiger partial charge in [-0.1, -0.05) is 12.1 Å². The number of carbonyl (C=O) groups is 1. The van der Waals surface area contributed by atoms with Gasteiger partial charge < -0.3 is 10.0 Å². The van der Waals surface area contributed by atoms with E-state index in [1.54, 1.807) is 23.1 Å². The predicted molar refractivity (Wildman–Crippen MR) is 69.3 cm³/mol. The Hall–Kier alpha value is -2.21. The van der Waals surface area contributed by atoms with E-state index in [0.29, 0.717) is 25.1 Å². The summed E-state index contributed by atoms with van der Waals surface area (Å²) in [6, 6.07) is 6.07. The van der Waals surface area contributed by atoms with Crippen LogP contribution in [0.15, 0.2) is 30.3 Å². The van der Waals surface area contributed by atoms with Gasteiger partial charge in [0.1, 0.15) is 0 Å². The Balaban J connectivity index is 2.04. The molecule has 1 heterocycles. The van der Waals surface area contributed by atoms with Gasteiger partial charge in [0.2, 0.25) is 5.91 Å². The third kappa shape index (κ3) is 3.38. The van der Waals surface area contributed by atoms with Crippen LogP contribution in [0.5, 0.6) is 0 Å². The van der Waals surface area contributed by atoms with Crippen molar-refractivity contribution in [3.8, 4) is 0 Å². The van der Waals surface area contributed by atoms with Crippen LogP contribution in [0.25, 0.3) is 6.08 Å². The largest absolute Gasteiger partial charge is 0.391 e. The van der Waals surface area contributed by atoms with E-state index < -0.39 is 11.0 Å². The van der Waals surface area contributed by atoms with Gasteiger partial charge in [-0.2, -0.15) is 0 Å². The van der Waals surface area contributed by atoms with E-state index in [4.69, 9.17) is 0 Å². The van der Waals surface area contributed by atoms with E-state index in [1.165, 1.54) is 18.2 Å². The number of likely N-dealkylation sites (tertiary alicyclic amines) is 1. The molecule has 0 radical (unpaired) electrons. The number of aliphatic hydroxyl groups is 1. The SMILES string of the molecule is O=C(C=Cc1cccc([N+](=O)[O-])c1)N1CCC(O)C1. The lowest BCUT2D eigenvalue weighted by Gasteiger charge is -2.12. The summed E-state index contributed by atoms with van der Waals surface area (Å²) in [7, 11) is 0. The number of benzene rings is 1. The van der Waals surface area contributed by atoms with E-state index in [1.807, 2.05) is 0 Å². The maximum atomic E-state index is 11.8. The van der Waals surface area contributed by atoms with Crippen LogP contribution in [0.4, 0.5) is 5.69 Å². The fourth-order valence-corrected chi connectivity index (χ4v) is 1.96. The molecule has 1 aliphatic rings.